The van der Waals surface area contributed by atoms with E-state index in [4.69, 9.17) is 4.74 Å². The Kier molecular flexibility index (Phi) is 4.44. The highest BCUT2D eigenvalue weighted by Crippen LogP contribution is 2.21. The van der Waals surface area contributed by atoms with Crippen molar-refractivity contribution in [3.05, 3.63) is 29.6 Å². The first-order valence-corrected chi connectivity index (χ1v) is 5.74. The summed E-state index contributed by atoms with van der Waals surface area (Å²) in [5.74, 6) is -4.85. The van der Waals surface area contributed by atoms with Crippen LogP contribution < -0.4 is 5.32 Å². The van der Waals surface area contributed by atoms with Gasteiger partial charge in [-0.1, -0.05) is 0 Å². The fourth-order valence-electron chi connectivity index (χ4n) is 1.32. The zero-order valence-electron chi connectivity index (χ0n) is 11.2. The van der Waals surface area contributed by atoms with E-state index in [1.165, 1.54) is 6.92 Å². The molecule has 0 saturated carbocycles. The van der Waals surface area contributed by atoms with Gasteiger partial charge >= 0.3 is 5.97 Å². The number of carbonyl (C=O) groups is 1. The quantitative estimate of drug-likeness (QED) is 0.679. The van der Waals surface area contributed by atoms with Gasteiger partial charge in [-0.05, 0) is 39.8 Å². The predicted molar refractivity (Wildman–Crippen MR) is 65.2 cm³/mol. The number of carbonyl (C=O) groups excluding carboxylic acids is 1. The van der Waals surface area contributed by atoms with Crippen molar-refractivity contribution in [2.45, 2.75) is 39.3 Å². The molecule has 0 spiro atoms. The van der Waals surface area contributed by atoms with Gasteiger partial charge in [-0.25, -0.2) is 18.0 Å². The Balaban J connectivity index is 2.80. The average Bonchev–Trinajstić information content (AvgIpc) is 2.27. The zero-order valence-corrected chi connectivity index (χ0v) is 11.2. The molecule has 0 aromatic heterocycles. The van der Waals surface area contributed by atoms with E-state index in [2.05, 4.69) is 5.32 Å². The molecule has 1 unspecified atom stereocenters. The maximum atomic E-state index is 13.4. The van der Waals surface area contributed by atoms with Gasteiger partial charge in [-0.3, -0.25) is 0 Å². The van der Waals surface area contributed by atoms with Crippen LogP contribution in [0, 0.1) is 17.5 Å². The van der Waals surface area contributed by atoms with Crippen molar-refractivity contribution >= 4 is 11.7 Å². The number of rotatable bonds is 3. The average molecular weight is 275 g/mol. The van der Waals surface area contributed by atoms with Crippen LogP contribution in [0.3, 0.4) is 0 Å². The van der Waals surface area contributed by atoms with Crippen LogP contribution in [0.25, 0.3) is 0 Å². The Morgan fingerprint density at radius 1 is 1.21 bits per heavy atom. The van der Waals surface area contributed by atoms with E-state index in [0.29, 0.717) is 0 Å². The molecular weight excluding hydrogens is 259 g/mol. The van der Waals surface area contributed by atoms with Gasteiger partial charge in [0.25, 0.3) is 0 Å². The molecule has 19 heavy (non-hydrogen) atoms. The molecular formula is C13H16F3NO2. The minimum atomic E-state index is -1.58. The second-order valence-corrected chi connectivity index (χ2v) is 5.12. The lowest BCUT2D eigenvalue weighted by atomic mass is 10.2. The summed E-state index contributed by atoms with van der Waals surface area (Å²) in [7, 11) is 0. The van der Waals surface area contributed by atoms with Gasteiger partial charge in [0.1, 0.15) is 11.6 Å². The number of esters is 1. The van der Waals surface area contributed by atoms with Crippen molar-refractivity contribution < 1.29 is 22.7 Å². The molecule has 0 bridgehead atoms. The van der Waals surface area contributed by atoms with E-state index < -0.39 is 35.1 Å². The Hall–Kier alpha value is -1.72. The highest BCUT2D eigenvalue weighted by atomic mass is 19.2. The monoisotopic (exact) mass is 275 g/mol. The third kappa shape index (κ3) is 4.15. The summed E-state index contributed by atoms with van der Waals surface area (Å²) < 4.78 is 44.2. The van der Waals surface area contributed by atoms with Crippen LogP contribution in [0.1, 0.15) is 27.7 Å². The van der Waals surface area contributed by atoms with Gasteiger partial charge in [0, 0.05) is 0 Å². The molecule has 1 aromatic rings. The second-order valence-electron chi connectivity index (χ2n) is 5.12. The Labute approximate surface area is 109 Å². The van der Waals surface area contributed by atoms with E-state index in [9.17, 15) is 18.0 Å². The van der Waals surface area contributed by atoms with Crippen molar-refractivity contribution in [1.29, 1.82) is 0 Å². The van der Waals surface area contributed by atoms with Gasteiger partial charge in [-0.15, -0.1) is 0 Å². The van der Waals surface area contributed by atoms with Crippen molar-refractivity contribution in [2.75, 3.05) is 5.32 Å². The first kappa shape index (κ1) is 15.3. The van der Waals surface area contributed by atoms with Crippen LogP contribution in [-0.4, -0.2) is 17.6 Å². The highest BCUT2D eigenvalue weighted by molar-refractivity contribution is 5.79. The van der Waals surface area contributed by atoms with Crippen LogP contribution in [0.2, 0.25) is 0 Å². The SMILES string of the molecule is CC(Nc1ccc(F)c(F)c1F)C(=O)OC(C)(C)C. The topological polar surface area (TPSA) is 38.3 Å². The van der Waals surface area contributed by atoms with Gasteiger partial charge in [0.2, 0.25) is 0 Å². The van der Waals surface area contributed by atoms with Crippen LogP contribution in [0.4, 0.5) is 18.9 Å². The first-order chi connectivity index (χ1) is 8.61. The van der Waals surface area contributed by atoms with Gasteiger partial charge < -0.3 is 10.1 Å². The molecule has 0 aliphatic heterocycles. The molecule has 106 valence electrons. The molecule has 1 atom stereocenters. The molecule has 1 rings (SSSR count). The predicted octanol–water partition coefficient (Wildman–Crippen LogP) is 3.25. The zero-order chi connectivity index (χ0) is 14.8. The summed E-state index contributed by atoms with van der Waals surface area (Å²) in [4.78, 5) is 11.7. The molecule has 0 radical (unpaired) electrons. The number of hydrogen-bond donors (Lipinski definition) is 1. The number of nitrogens with one attached hydrogen (secondary N) is 1. The summed E-state index contributed by atoms with van der Waals surface area (Å²) in [6, 6.07) is 0.913. The molecule has 0 heterocycles. The molecule has 1 N–H and O–H groups in total. The molecule has 0 amide bonds. The fraction of sp³-hybridized carbons (Fsp3) is 0.462. The summed E-state index contributed by atoms with van der Waals surface area (Å²) in [6.07, 6.45) is 0. The summed E-state index contributed by atoms with van der Waals surface area (Å²) >= 11 is 0. The minimum absolute atomic E-state index is 0.294. The van der Waals surface area contributed by atoms with E-state index in [1.54, 1.807) is 20.8 Å². The standard InChI is InChI=1S/C13H16F3NO2/c1-7(12(18)19-13(2,3)4)17-9-6-5-8(14)10(15)11(9)16/h5-7,17H,1-4H3. The smallest absolute Gasteiger partial charge is 0.328 e. The largest absolute Gasteiger partial charge is 0.458 e. The van der Waals surface area contributed by atoms with Crippen molar-refractivity contribution in [1.82, 2.24) is 0 Å². The van der Waals surface area contributed by atoms with Crippen molar-refractivity contribution in [3.63, 3.8) is 0 Å². The van der Waals surface area contributed by atoms with Gasteiger partial charge in [0.05, 0.1) is 5.69 Å². The van der Waals surface area contributed by atoms with Crippen LogP contribution >= 0.6 is 0 Å². The molecule has 3 nitrogen and oxygen atoms in total. The van der Waals surface area contributed by atoms with Crippen LogP contribution in [0.15, 0.2) is 12.1 Å². The number of halogens is 3. The molecule has 0 aliphatic rings. The van der Waals surface area contributed by atoms with E-state index in [-0.39, 0.29) is 5.69 Å². The Bertz CT molecular complexity index is 484. The number of hydrogen-bond acceptors (Lipinski definition) is 3. The number of anilines is 1. The summed E-state index contributed by atoms with van der Waals surface area (Å²) in [6.45, 7) is 6.51. The Morgan fingerprint density at radius 2 is 1.79 bits per heavy atom. The van der Waals surface area contributed by atoms with E-state index >= 15 is 0 Å². The van der Waals surface area contributed by atoms with Crippen LogP contribution in [-0.2, 0) is 9.53 Å². The lowest BCUT2D eigenvalue weighted by molar-refractivity contribution is -0.155. The third-order valence-corrected chi connectivity index (χ3v) is 2.17. The number of benzene rings is 1. The third-order valence-electron chi connectivity index (χ3n) is 2.17. The second kappa shape index (κ2) is 5.50. The Morgan fingerprint density at radius 3 is 2.32 bits per heavy atom. The van der Waals surface area contributed by atoms with Crippen LogP contribution in [0.5, 0.6) is 0 Å². The van der Waals surface area contributed by atoms with Crippen molar-refractivity contribution in [2.24, 2.45) is 0 Å². The molecule has 0 aliphatic carbocycles. The first-order valence-electron chi connectivity index (χ1n) is 5.74. The number of ether oxygens (including phenoxy) is 1. The van der Waals surface area contributed by atoms with Gasteiger partial charge in [-0.2, -0.15) is 0 Å². The fourth-order valence-corrected chi connectivity index (χ4v) is 1.32. The summed E-state index contributed by atoms with van der Waals surface area (Å²) in [5.41, 5.74) is -0.975. The molecule has 1 aromatic carbocycles. The molecule has 0 fully saturated rings. The molecule has 6 heteroatoms. The van der Waals surface area contributed by atoms with E-state index in [0.717, 1.165) is 12.1 Å². The maximum absolute atomic E-state index is 13.4. The highest BCUT2D eigenvalue weighted by Gasteiger charge is 2.23. The van der Waals surface area contributed by atoms with Crippen molar-refractivity contribution in [3.8, 4) is 0 Å². The lowest BCUT2D eigenvalue weighted by Crippen LogP contribution is -2.34. The minimum Gasteiger partial charge on any atom is -0.458 e. The van der Waals surface area contributed by atoms with Gasteiger partial charge in [0.15, 0.2) is 17.5 Å². The normalized spacial score (nSPS) is 13.0. The summed E-state index contributed by atoms with van der Waals surface area (Å²) in [5, 5.41) is 2.44. The maximum Gasteiger partial charge on any atom is 0.328 e. The molecule has 0 saturated heterocycles. The van der Waals surface area contributed by atoms with E-state index in [1.807, 2.05) is 0 Å². The lowest BCUT2D eigenvalue weighted by Gasteiger charge is -2.23.